The maximum atomic E-state index is 4.00. The Balaban J connectivity index is -0.00000000500. The molecule has 0 fully saturated rings. The van der Waals surface area contributed by atoms with E-state index >= 15 is 0 Å². The molecule has 0 heterocycles. The van der Waals surface area contributed by atoms with Crippen molar-refractivity contribution in [2.45, 2.75) is 0 Å². The van der Waals surface area contributed by atoms with Gasteiger partial charge < -0.3 is 0 Å². The fourth-order valence-electron chi connectivity index (χ4n) is 0. The number of rotatable bonds is 0. The van der Waals surface area contributed by atoms with Crippen LogP contribution in [0.4, 0.5) is 0 Å². The minimum absolute atomic E-state index is 0. The molecule has 0 rings (SSSR count). The van der Waals surface area contributed by atoms with E-state index < -0.39 is 0 Å². The summed E-state index contributed by atoms with van der Waals surface area (Å²) in [5.41, 5.74) is 0. The van der Waals surface area contributed by atoms with Gasteiger partial charge in [-0.2, -0.15) is 0 Å². The molecule has 0 spiro atoms. The van der Waals surface area contributed by atoms with E-state index in [9.17, 15) is 0 Å². The molecule has 0 amide bonds. The summed E-state index contributed by atoms with van der Waals surface area (Å²) in [6.45, 7) is 0. The topological polar surface area (TPSA) is 111 Å². The highest BCUT2D eigenvalue weighted by molar-refractivity contribution is 3.26. The number of hydrogen-bond acceptors (Lipinski definition) is 2. The van der Waals surface area contributed by atoms with Gasteiger partial charge in [-0.25, -0.2) is 0 Å². The van der Waals surface area contributed by atoms with Crippen LogP contribution in [-0.2, 0) is 5.48 Å². The highest BCUT2D eigenvalue weighted by atomic mass is 16.0. The summed E-state index contributed by atoms with van der Waals surface area (Å²) in [6, 6.07) is 0. The Labute approximate surface area is 24.6 Å². The Hall–Kier alpha value is -0.160. The number of nitrogens with two attached hydrogens (primary N) is 2. The molecule has 0 aliphatic rings. The molecule has 4 N–H and O–H groups in total. The molecular weight excluding hydrogens is 58.0 g/mol. The number of nitrogens with zero attached hydrogens (tertiary/aromatic N) is 1. The molecule has 0 unspecified atom stereocenters. The van der Waals surface area contributed by atoms with E-state index in [1.54, 1.807) is 0 Å². The van der Waals surface area contributed by atoms with Crippen LogP contribution in [0.1, 0.15) is 0 Å². The van der Waals surface area contributed by atoms with Gasteiger partial charge in [-0.15, -0.1) is 0 Å². The van der Waals surface area contributed by atoms with E-state index in [1.807, 2.05) is 0 Å². The smallest absolute Gasteiger partial charge is 0 e. The summed E-state index contributed by atoms with van der Waals surface area (Å²) in [4.78, 5) is 0. The summed E-state index contributed by atoms with van der Waals surface area (Å²) in [5.74, 6) is 8.00. The van der Waals surface area contributed by atoms with Gasteiger partial charge in [0.2, 0.25) is 0 Å². The normalized spacial score (nSPS) is 1.50. The average Bonchev–Trinajstić information content (AvgIpc) is 1.00. The molecule has 0 aromatic rings. The summed E-state index contributed by atoms with van der Waals surface area (Å²) >= 11 is 0. The zero-order chi connectivity index (χ0) is 2.00. The van der Waals surface area contributed by atoms with E-state index in [1.165, 1.54) is 0 Å². The Morgan fingerprint density at radius 3 is 1.00 bits per heavy atom. The molecule has 0 aromatic heterocycles. The lowest BCUT2D eigenvalue weighted by molar-refractivity contribution is 0.686. The van der Waals surface area contributed by atoms with Crippen LogP contribution in [0, 0.1) is 0 Å². The van der Waals surface area contributed by atoms with E-state index in [0.29, 0.717) is 0 Å². The van der Waals surface area contributed by atoms with Gasteiger partial charge >= 0.3 is 0 Å². The third-order valence-corrected chi connectivity index (χ3v) is 0. The van der Waals surface area contributed by atoms with Crippen molar-refractivity contribution in [3.05, 3.63) is 0 Å². The Morgan fingerprint density at radius 2 is 1.00 bits per heavy atom. The van der Waals surface area contributed by atoms with Gasteiger partial charge in [0, 0.05) is 11.6 Å². The molecule has 0 saturated heterocycles. The molecule has 4 heteroatoms. The van der Waals surface area contributed by atoms with Gasteiger partial charge in [-0.1, -0.05) is 0 Å². The predicted molar refractivity (Wildman–Crippen MR) is 11.2 cm³/mol. The summed E-state index contributed by atoms with van der Waals surface area (Å²) < 4.78 is 0. The third kappa shape index (κ3) is 50.7. The standard InChI is InChI=1S/H4N2.N.O/c1-2;;/h1-2H2;;. The first-order valence-corrected chi connectivity index (χ1v) is 0.333. The van der Waals surface area contributed by atoms with Crippen molar-refractivity contribution in [3.63, 3.8) is 0 Å². The average molecular weight is 62.1 g/mol. The van der Waals surface area contributed by atoms with Crippen LogP contribution in [0.15, 0.2) is 0 Å². The first-order chi connectivity index (χ1) is 1.00. The highest BCUT2D eigenvalue weighted by Crippen LogP contribution is -0.0190. The van der Waals surface area contributed by atoms with Crippen LogP contribution in [0.2, 0.25) is 0 Å². The highest BCUT2D eigenvalue weighted by Gasteiger charge is 0.726. The van der Waals surface area contributed by atoms with Crippen molar-refractivity contribution >= 4 is 0 Å². The van der Waals surface area contributed by atoms with Crippen molar-refractivity contribution in [1.29, 1.82) is 0 Å². The van der Waals surface area contributed by atoms with Crippen LogP contribution in [0.25, 0.3) is 0 Å². The Bertz CT molecular complexity index is 3.25. The van der Waals surface area contributed by atoms with Gasteiger partial charge in [-0.05, 0) is 0 Å². The van der Waals surface area contributed by atoms with Gasteiger partial charge in [0.15, 0.2) is 0 Å². The van der Waals surface area contributed by atoms with Crippen molar-refractivity contribution in [3.8, 4) is 0 Å². The second-order valence-corrected chi connectivity index (χ2v) is 0. The zero-order valence-corrected chi connectivity index (χ0v) is 2.01. The van der Waals surface area contributed by atoms with Crippen molar-refractivity contribution in [2.75, 3.05) is 0 Å². The van der Waals surface area contributed by atoms with E-state index in [4.69, 9.17) is 0 Å². The molecule has 25 valence electrons. The Morgan fingerprint density at radius 1 is 1.00 bits per heavy atom. The second-order valence-electron chi connectivity index (χ2n) is 0. The molecule has 0 aromatic carbocycles. The molecule has 0 atom stereocenters. The second kappa shape index (κ2) is 376. The maximum absolute atomic E-state index is 4.00. The molecule has 4 nitrogen and oxygen atoms in total. The van der Waals surface area contributed by atoms with Crippen molar-refractivity contribution in [1.82, 2.24) is 6.15 Å². The minimum atomic E-state index is 0. The quantitative estimate of drug-likeness (QED) is 0.255. The molecule has 0 saturated carbocycles. The SMILES string of the molecule is NN.[N].[O]. The van der Waals surface area contributed by atoms with Crippen LogP contribution in [0.5, 0.6) is 0 Å². The van der Waals surface area contributed by atoms with E-state index in [0.717, 1.165) is 0 Å². The lowest BCUT2D eigenvalue weighted by Crippen LogP contribution is -2.02. The van der Waals surface area contributed by atoms with E-state index in [-0.39, 0.29) is 11.6 Å². The molecule has 0 bridgehead atoms. The van der Waals surface area contributed by atoms with Crippen LogP contribution >= 0.6 is 0 Å². The monoisotopic (exact) mass is 62.0 g/mol. The predicted octanol–water partition coefficient (Wildman–Crippen LogP) is -1.78. The van der Waals surface area contributed by atoms with E-state index in [2.05, 4.69) is 11.7 Å². The minimum Gasteiger partial charge on any atom is -0.274 e. The van der Waals surface area contributed by atoms with Crippen LogP contribution < -0.4 is 17.8 Å². The number of hydrogen-bond donors (Lipinski definition) is 2. The maximum Gasteiger partial charge on any atom is 0 e. The Kier molecular flexibility index (Phi) is 4120. The summed E-state index contributed by atoms with van der Waals surface area (Å²) in [6.07, 6.45) is 0. The molecule has 0 aliphatic heterocycles. The molecular formula is H4N3O. The number of hydrazine groups is 1. The molecule has 4 heavy (non-hydrogen) atoms. The summed E-state index contributed by atoms with van der Waals surface area (Å²) in [7, 11) is 0. The summed E-state index contributed by atoms with van der Waals surface area (Å²) in [5, 5.41) is 0. The lowest BCUT2D eigenvalue weighted by Gasteiger charge is -1.27. The van der Waals surface area contributed by atoms with Gasteiger partial charge in [0.1, 0.15) is 0 Å². The van der Waals surface area contributed by atoms with Crippen LogP contribution in [0.3, 0.4) is 0 Å². The first-order valence-electron chi connectivity index (χ1n) is 0.333. The van der Waals surface area contributed by atoms with Gasteiger partial charge in [-0.3, -0.25) is 11.7 Å². The largest absolute Gasteiger partial charge is 0.274 e. The van der Waals surface area contributed by atoms with Crippen molar-refractivity contribution in [2.24, 2.45) is 11.7 Å². The lowest BCUT2D eigenvalue weighted by atomic mass is 13.0. The zero-order valence-electron chi connectivity index (χ0n) is 2.01. The van der Waals surface area contributed by atoms with Crippen LogP contribution in [-0.4, -0.2) is 0 Å². The third-order valence-electron chi connectivity index (χ3n) is 0. The van der Waals surface area contributed by atoms with Gasteiger partial charge in [0.25, 0.3) is 0 Å². The molecule has 0 aliphatic carbocycles. The fourth-order valence-corrected chi connectivity index (χ4v) is 0. The molecule has 5 radical (unpaired) electrons. The van der Waals surface area contributed by atoms with Gasteiger partial charge in [0.05, 0.1) is 0 Å². The van der Waals surface area contributed by atoms with Crippen molar-refractivity contribution < 1.29 is 5.48 Å². The first kappa shape index (κ1) is 43.9. The fraction of sp³-hybridized carbons (Fsp3) is 0.